The molecule has 0 saturated heterocycles. The number of anilines is 1. The Morgan fingerprint density at radius 1 is 1.28 bits per heavy atom. The molecule has 3 nitrogen and oxygen atoms in total. The van der Waals surface area contributed by atoms with Gasteiger partial charge in [0.05, 0.1) is 6.10 Å². The molecule has 0 aromatic heterocycles. The topological polar surface area (TPSA) is 49.5 Å². The van der Waals surface area contributed by atoms with E-state index in [9.17, 15) is 5.11 Å². The molecule has 0 amide bonds. The summed E-state index contributed by atoms with van der Waals surface area (Å²) in [4.78, 5) is 2.27. The van der Waals surface area contributed by atoms with Crippen LogP contribution in [0, 0.1) is 5.92 Å². The number of para-hydroxylation sites is 1. The first kappa shape index (κ1) is 15.0. The van der Waals surface area contributed by atoms with E-state index in [-0.39, 0.29) is 12.0 Å². The molecule has 102 valence electrons. The number of hydrogen-bond donors (Lipinski definition) is 2. The minimum absolute atomic E-state index is 0.276. The van der Waals surface area contributed by atoms with Crippen LogP contribution in [0.25, 0.3) is 0 Å². The summed E-state index contributed by atoms with van der Waals surface area (Å²) >= 11 is 0. The second-order valence-electron chi connectivity index (χ2n) is 5.25. The van der Waals surface area contributed by atoms with Gasteiger partial charge in [-0.3, -0.25) is 4.90 Å². The number of benzene rings is 1. The summed E-state index contributed by atoms with van der Waals surface area (Å²) in [5.74, 6) is 0.289. The van der Waals surface area contributed by atoms with Gasteiger partial charge in [0.2, 0.25) is 0 Å². The lowest BCUT2D eigenvalue weighted by Gasteiger charge is -2.26. The van der Waals surface area contributed by atoms with Crippen molar-refractivity contribution in [2.45, 2.75) is 39.8 Å². The summed E-state index contributed by atoms with van der Waals surface area (Å²) in [6, 6.07) is 7.94. The van der Waals surface area contributed by atoms with Gasteiger partial charge in [-0.15, -0.1) is 0 Å². The van der Waals surface area contributed by atoms with Crippen molar-refractivity contribution >= 4 is 5.69 Å². The number of aliphatic hydroxyl groups excluding tert-OH is 1. The fourth-order valence-electron chi connectivity index (χ4n) is 1.95. The first-order chi connectivity index (χ1) is 8.54. The smallest absolute Gasteiger partial charge is 0.0690 e. The van der Waals surface area contributed by atoms with Crippen LogP contribution in [0.5, 0.6) is 0 Å². The zero-order valence-electron chi connectivity index (χ0n) is 11.8. The number of hydrogen-bond acceptors (Lipinski definition) is 3. The summed E-state index contributed by atoms with van der Waals surface area (Å²) in [5.41, 5.74) is 7.94. The van der Waals surface area contributed by atoms with Gasteiger partial charge in [-0.05, 0) is 30.5 Å². The maximum atomic E-state index is 10.00. The molecule has 1 atom stereocenters. The normalized spacial score (nSPS) is 13.2. The number of nitrogens with zero attached hydrogens (tertiary/aromatic N) is 1. The van der Waals surface area contributed by atoms with Crippen molar-refractivity contribution in [3.63, 3.8) is 0 Å². The average molecular weight is 250 g/mol. The lowest BCUT2D eigenvalue weighted by atomic mass is 10.1. The van der Waals surface area contributed by atoms with E-state index in [1.165, 1.54) is 0 Å². The van der Waals surface area contributed by atoms with E-state index in [1.54, 1.807) is 0 Å². The molecule has 3 heteroatoms. The van der Waals surface area contributed by atoms with Crippen molar-refractivity contribution in [3.05, 3.63) is 29.8 Å². The van der Waals surface area contributed by atoms with Crippen LogP contribution < -0.4 is 5.73 Å². The summed E-state index contributed by atoms with van der Waals surface area (Å²) in [6.07, 6.45) is 0.805. The molecule has 0 radical (unpaired) electrons. The second kappa shape index (κ2) is 7.39. The third-order valence-corrected chi connectivity index (χ3v) is 3.20. The van der Waals surface area contributed by atoms with Crippen LogP contribution in [0.1, 0.15) is 32.8 Å². The minimum Gasteiger partial charge on any atom is -0.398 e. The van der Waals surface area contributed by atoms with Crippen LogP contribution in [0.15, 0.2) is 24.3 Å². The van der Waals surface area contributed by atoms with E-state index in [1.807, 2.05) is 32.0 Å². The van der Waals surface area contributed by atoms with Crippen molar-refractivity contribution < 1.29 is 5.11 Å². The molecule has 0 aliphatic rings. The van der Waals surface area contributed by atoms with Crippen molar-refractivity contribution in [3.8, 4) is 0 Å². The Balaban J connectivity index is 2.65. The summed E-state index contributed by atoms with van der Waals surface area (Å²) in [5, 5.41) is 10.00. The van der Waals surface area contributed by atoms with Gasteiger partial charge in [-0.1, -0.05) is 39.0 Å². The van der Waals surface area contributed by atoms with Gasteiger partial charge in [0, 0.05) is 18.8 Å². The van der Waals surface area contributed by atoms with Crippen molar-refractivity contribution in [2.75, 3.05) is 18.8 Å². The Morgan fingerprint density at radius 3 is 2.50 bits per heavy atom. The number of aliphatic hydroxyl groups is 1. The van der Waals surface area contributed by atoms with Crippen LogP contribution in [0.2, 0.25) is 0 Å². The molecule has 0 heterocycles. The van der Waals surface area contributed by atoms with Crippen LogP contribution >= 0.6 is 0 Å². The van der Waals surface area contributed by atoms with E-state index in [0.29, 0.717) is 6.54 Å². The molecule has 0 bridgehead atoms. The fraction of sp³-hybridized carbons (Fsp3) is 0.600. The molecule has 0 fully saturated rings. The molecule has 0 spiro atoms. The van der Waals surface area contributed by atoms with Crippen LogP contribution in [0.3, 0.4) is 0 Å². The highest BCUT2D eigenvalue weighted by atomic mass is 16.3. The van der Waals surface area contributed by atoms with E-state index in [0.717, 1.165) is 30.8 Å². The van der Waals surface area contributed by atoms with E-state index >= 15 is 0 Å². The largest absolute Gasteiger partial charge is 0.398 e. The first-order valence-electron chi connectivity index (χ1n) is 6.78. The molecule has 0 aliphatic carbocycles. The molecule has 18 heavy (non-hydrogen) atoms. The molecule has 1 aromatic rings. The quantitative estimate of drug-likeness (QED) is 0.731. The summed E-state index contributed by atoms with van der Waals surface area (Å²) < 4.78 is 0. The van der Waals surface area contributed by atoms with Crippen molar-refractivity contribution in [1.29, 1.82) is 0 Å². The molecule has 0 saturated carbocycles. The Bertz CT molecular complexity index is 352. The maximum Gasteiger partial charge on any atom is 0.0690 e. The highest BCUT2D eigenvalue weighted by Crippen LogP contribution is 2.15. The lowest BCUT2D eigenvalue weighted by Crippen LogP contribution is -2.35. The van der Waals surface area contributed by atoms with Gasteiger partial charge in [0.15, 0.2) is 0 Å². The van der Waals surface area contributed by atoms with Gasteiger partial charge in [0.25, 0.3) is 0 Å². The molecule has 1 unspecified atom stereocenters. The summed E-state index contributed by atoms with van der Waals surface area (Å²) in [6.45, 7) is 8.75. The molecule has 1 aromatic carbocycles. The third-order valence-electron chi connectivity index (χ3n) is 3.20. The third kappa shape index (κ3) is 4.67. The van der Waals surface area contributed by atoms with Crippen LogP contribution in [-0.4, -0.2) is 29.2 Å². The van der Waals surface area contributed by atoms with Crippen LogP contribution in [-0.2, 0) is 6.54 Å². The fourth-order valence-corrected chi connectivity index (χ4v) is 1.95. The molecule has 1 rings (SSSR count). The predicted molar refractivity (Wildman–Crippen MR) is 77.3 cm³/mol. The highest BCUT2D eigenvalue weighted by molar-refractivity contribution is 5.46. The lowest BCUT2D eigenvalue weighted by molar-refractivity contribution is 0.0732. The van der Waals surface area contributed by atoms with Crippen molar-refractivity contribution in [1.82, 2.24) is 4.90 Å². The van der Waals surface area contributed by atoms with E-state index < -0.39 is 0 Å². The van der Waals surface area contributed by atoms with Gasteiger partial charge < -0.3 is 10.8 Å². The zero-order chi connectivity index (χ0) is 13.5. The van der Waals surface area contributed by atoms with Crippen molar-refractivity contribution in [2.24, 2.45) is 5.92 Å². The Kier molecular flexibility index (Phi) is 6.16. The molecular formula is C15H26N2O. The highest BCUT2D eigenvalue weighted by Gasteiger charge is 2.15. The minimum atomic E-state index is -0.276. The molecule has 0 aliphatic heterocycles. The second-order valence-corrected chi connectivity index (χ2v) is 5.25. The van der Waals surface area contributed by atoms with Gasteiger partial charge in [-0.2, -0.15) is 0 Å². The van der Waals surface area contributed by atoms with E-state index in [4.69, 9.17) is 5.73 Å². The Morgan fingerprint density at radius 2 is 1.94 bits per heavy atom. The monoisotopic (exact) mass is 250 g/mol. The number of nitrogens with two attached hydrogens (primary N) is 1. The Hall–Kier alpha value is -1.06. The summed E-state index contributed by atoms with van der Waals surface area (Å²) in [7, 11) is 0. The zero-order valence-corrected chi connectivity index (χ0v) is 11.8. The van der Waals surface area contributed by atoms with Crippen LogP contribution in [0.4, 0.5) is 5.69 Å². The van der Waals surface area contributed by atoms with E-state index in [2.05, 4.69) is 17.9 Å². The standard InChI is InChI=1S/C15H26N2O/c1-4-9-17(11-15(18)12(2)3)10-13-7-5-6-8-14(13)16/h5-8,12,15,18H,4,9-11,16H2,1-3H3. The average Bonchev–Trinajstić information content (AvgIpc) is 2.32. The molecular weight excluding hydrogens is 224 g/mol. The first-order valence-corrected chi connectivity index (χ1v) is 6.78. The SMILES string of the molecule is CCCN(Cc1ccccc1N)CC(O)C(C)C. The predicted octanol–water partition coefficient (Wildman–Crippen LogP) is 2.50. The van der Waals surface area contributed by atoms with Gasteiger partial charge in [-0.25, -0.2) is 0 Å². The molecule has 3 N–H and O–H groups in total. The number of rotatable bonds is 7. The number of nitrogen functional groups attached to an aromatic ring is 1. The van der Waals surface area contributed by atoms with Gasteiger partial charge in [0.1, 0.15) is 0 Å². The van der Waals surface area contributed by atoms with Gasteiger partial charge >= 0.3 is 0 Å². The maximum absolute atomic E-state index is 10.00. The Labute approximate surface area is 111 Å².